The molecule has 4 aromatic rings. The van der Waals surface area contributed by atoms with E-state index in [0.29, 0.717) is 25.4 Å². The molecule has 0 unspecified atom stereocenters. The SMILES string of the molecule is CCCc1ccc(Oc2c(C(F)(F)F)oc3c(CN4CCCCCC4)c(OC(=O)c4ccc(OCC)cc4)ccc3c2=O)cc1. The summed E-state index contributed by atoms with van der Waals surface area (Å²) >= 11 is 0. The van der Waals surface area contributed by atoms with E-state index in [0.717, 1.165) is 44.1 Å². The van der Waals surface area contributed by atoms with Crippen LogP contribution in [0.5, 0.6) is 23.0 Å². The molecule has 1 aliphatic heterocycles. The van der Waals surface area contributed by atoms with E-state index >= 15 is 0 Å². The van der Waals surface area contributed by atoms with Crippen LogP contribution in [0, 0.1) is 0 Å². The number of benzene rings is 3. The van der Waals surface area contributed by atoms with Crippen LogP contribution in [0.25, 0.3) is 11.0 Å². The van der Waals surface area contributed by atoms with E-state index in [1.165, 1.54) is 24.3 Å². The molecule has 1 aliphatic rings. The molecule has 7 nitrogen and oxygen atoms in total. The molecule has 0 atom stereocenters. The Kier molecular flexibility index (Phi) is 10.1. The number of carbonyl (C=O) groups excluding carboxylic acids is 1. The van der Waals surface area contributed by atoms with E-state index in [9.17, 15) is 22.8 Å². The number of hydrogen-bond donors (Lipinski definition) is 0. The van der Waals surface area contributed by atoms with E-state index in [4.69, 9.17) is 18.6 Å². The molecule has 3 aromatic carbocycles. The second-order valence-corrected chi connectivity index (χ2v) is 11.0. The molecular weight excluding hydrogens is 587 g/mol. The van der Waals surface area contributed by atoms with E-state index in [-0.39, 0.29) is 40.1 Å². The van der Waals surface area contributed by atoms with Crippen molar-refractivity contribution in [1.29, 1.82) is 0 Å². The second-order valence-electron chi connectivity index (χ2n) is 11.0. The molecule has 45 heavy (non-hydrogen) atoms. The Hall–Kier alpha value is -4.31. The van der Waals surface area contributed by atoms with Crippen molar-refractivity contribution in [3.63, 3.8) is 0 Å². The molecule has 2 heterocycles. The molecule has 0 N–H and O–H groups in total. The van der Waals surface area contributed by atoms with Gasteiger partial charge in [-0.2, -0.15) is 13.2 Å². The molecule has 1 aromatic heterocycles. The summed E-state index contributed by atoms with van der Waals surface area (Å²) in [6.07, 6.45) is 0.580. The van der Waals surface area contributed by atoms with Crippen molar-refractivity contribution in [3.05, 3.63) is 93.3 Å². The third kappa shape index (κ3) is 7.68. The molecule has 0 spiro atoms. The van der Waals surface area contributed by atoms with Gasteiger partial charge in [-0.1, -0.05) is 38.3 Å². The van der Waals surface area contributed by atoms with Crippen molar-refractivity contribution in [2.45, 2.75) is 65.1 Å². The molecule has 0 amide bonds. The fourth-order valence-corrected chi connectivity index (χ4v) is 5.46. The number of halogens is 3. The molecule has 0 radical (unpaired) electrons. The normalized spacial score (nSPS) is 14.2. The first-order chi connectivity index (χ1) is 21.7. The molecule has 0 aliphatic carbocycles. The Bertz CT molecular complexity index is 1670. The van der Waals surface area contributed by atoms with Crippen molar-refractivity contribution >= 4 is 16.9 Å². The Balaban J connectivity index is 1.59. The maximum atomic E-state index is 14.5. The van der Waals surface area contributed by atoms with Crippen molar-refractivity contribution in [1.82, 2.24) is 4.90 Å². The number of rotatable bonds is 10. The van der Waals surface area contributed by atoms with Crippen LogP contribution in [-0.2, 0) is 19.1 Å². The lowest BCUT2D eigenvalue weighted by atomic mass is 10.1. The van der Waals surface area contributed by atoms with Gasteiger partial charge in [-0.25, -0.2) is 4.79 Å². The first-order valence-corrected chi connectivity index (χ1v) is 15.3. The maximum Gasteiger partial charge on any atom is 0.453 e. The van der Waals surface area contributed by atoms with E-state index in [2.05, 4.69) is 4.90 Å². The van der Waals surface area contributed by atoms with Gasteiger partial charge in [0.05, 0.1) is 23.1 Å². The molecule has 238 valence electrons. The summed E-state index contributed by atoms with van der Waals surface area (Å²) in [5.41, 5.74) is 0.149. The number of fused-ring (bicyclic) bond motifs is 1. The summed E-state index contributed by atoms with van der Waals surface area (Å²) < 4.78 is 65.7. The smallest absolute Gasteiger partial charge is 0.453 e. The van der Waals surface area contributed by atoms with Crippen molar-refractivity contribution in [3.8, 4) is 23.0 Å². The average molecular weight is 624 g/mol. The number of esters is 1. The zero-order valence-corrected chi connectivity index (χ0v) is 25.4. The van der Waals surface area contributed by atoms with Gasteiger partial charge in [0, 0.05) is 6.54 Å². The third-order valence-electron chi connectivity index (χ3n) is 7.70. The number of alkyl halides is 3. The molecule has 10 heteroatoms. The Morgan fingerprint density at radius 2 is 1.56 bits per heavy atom. The zero-order valence-electron chi connectivity index (χ0n) is 25.4. The van der Waals surface area contributed by atoms with Crippen LogP contribution in [-0.4, -0.2) is 30.6 Å². The van der Waals surface area contributed by atoms with Gasteiger partial charge < -0.3 is 18.6 Å². The van der Waals surface area contributed by atoms with Crippen molar-refractivity contribution < 1.29 is 36.6 Å². The van der Waals surface area contributed by atoms with Gasteiger partial charge >= 0.3 is 12.1 Å². The highest BCUT2D eigenvalue weighted by atomic mass is 19.4. The number of ether oxygens (including phenoxy) is 3. The first-order valence-electron chi connectivity index (χ1n) is 15.3. The predicted molar refractivity (Wildman–Crippen MR) is 164 cm³/mol. The lowest BCUT2D eigenvalue weighted by Crippen LogP contribution is -2.25. The van der Waals surface area contributed by atoms with Crippen LogP contribution in [0.1, 0.15) is 73.2 Å². The minimum absolute atomic E-state index is 0.0158. The van der Waals surface area contributed by atoms with Crippen LogP contribution in [0.3, 0.4) is 0 Å². The summed E-state index contributed by atoms with van der Waals surface area (Å²) in [7, 11) is 0. The van der Waals surface area contributed by atoms with Crippen molar-refractivity contribution in [2.75, 3.05) is 19.7 Å². The predicted octanol–water partition coefficient (Wildman–Crippen LogP) is 8.55. The van der Waals surface area contributed by atoms with Gasteiger partial charge in [-0.05, 0) is 93.4 Å². The first kappa shape index (κ1) is 32.1. The van der Waals surface area contributed by atoms with Crippen molar-refractivity contribution in [2.24, 2.45) is 0 Å². The third-order valence-corrected chi connectivity index (χ3v) is 7.70. The van der Waals surface area contributed by atoms with Crippen LogP contribution < -0.4 is 19.6 Å². The molecule has 0 saturated carbocycles. The highest BCUT2D eigenvalue weighted by Gasteiger charge is 2.41. The Labute approximate surface area is 259 Å². The van der Waals surface area contributed by atoms with E-state index in [1.54, 1.807) is 36.4 Å². The lowest BCUT2D eigenvalue weighted by molar-refractivity contribution is -0.154. The fraction of sp³-hybridized carbons (Fsp3) is 0.371. The lowest BCUT2D eigenvalue weighted by Gasteiger charge is -2.22. The van der Waals surface area contributed by atoms with Gasteiger partial charge in [0.1, 0.15) is 22.8 Å². The number of carbonyl (C=O) groups is 1. The standard InChI is InChI=1S/C35H36F3NO6/c1-3-9-23-10-14-26(15-11-23)43-32-30(40)27-18-19-29(44-34(41)24-12-16-25(17-13-24)42-4-2)28(22-39-20-7-5-6-8-21-39)31(27)45-33(32)35(36,37)38/h10-19H,3-9,20-22H2,1-2H3. The molecule has 1 saturated heterocycles. The zero-order chi connectivity index (χ0) is 32.0. The highest BCUT2D eigenvalue weighted by Crippen LogP contribution is 2.40. The van der Waals surface area contributed by atoms with Crippen LogP contribution >= 0.6 is 0 Å². The topological polar surface area (TPSA) is 78.2 Å². The number of aryl methyl sites for hydroxylation is 1. The van der Waals surface area contributed by atoms with Crippen LogP contribution in [0.2, 0.25) is 0 Å². The van der Waals surface area contributed by atoms with E-state index < -0.39 is 29.1 Å². The van der Waals surface area contributed by atoms with Gasteiger partial charge in [0.15, 0.2) is 0 Å². The monoisotopic (exact) mass is 623 g/mol. The maximum absolute atomic E-state index is 14.5. The van der Waals surface area contributed by atoms with E-state index in [1.807, 2.05) is 13.8 Å². The van der Waals surface area contributed by atoms with Gasteiger partial charge in [0.2, 0.25) is 11.2 Å². The van der Waals surface area contributed by atoms with Crippen LogP contribution in [0.4, 0.5) is 13.2 Å². The van der Waals surface area contributed by atoms with Gasteiger partial charge in [-0.3, -0.25) is 9.69 Å². The summed E-state index contributed by atoms with van der Waals surface area (Å²) in [4.78, 5) is 28.9. The largest absolute Gasteiger partial charge is 0.494 e. The minimum Gasteiger partial charge on any atom is -0.494 e. The molecule has 5 rings (SSSR count). The number of nitrogens with zero attached hydrogens (tertiary/aromatic N) is 1. The number of hydrogen-bond acceptors (Lipinski definition) is 7. The summed E-state index contributed by atoms with van der Waals surface area (Å²) in [5, 5.41) is -0.105. The molecular formula is C35H36F3NO6. The summed E-state index contributed by atoms with van der Waals surface area (Å²) in [6, 6.07) is 15.6. The summed E-state index contributed by atoms with van der Waals surface area (Å²) in [5.74, 6) is -2.53. The number of likely N-dealkylation sites (tertiary alicyclic amines) is 1. The second kappa shape index (κ2) is 14.2. The fourth-order valence-electron chi connectivity index (χ4n) is 5.46. The minimum atomic E-state index is -5.04. The van der Waals surface area contributed by atoms with Gasteiger partial charge in [0.25, 0.3) is 5.76 Å². The van der Waals surface area contributed by atoms with Gasteiger partial charge in [-0.15, -0.1) is 0 Å². The highest BCUT2D eigenvalue weighted by molar-refractivity contribution is 5.92. The van der Waals surface area contributed by atoms with Crippen LogP contribution in [0.15, 0.2) is 69.9 Å². The Morgan fingerprint density at radius 3 is 2.18 bits per heavy atom. The Morgan fingerprint density at radius 1 is 0.889 bits per heavy atom. The average Bonchev–Trinajstić information content (AvgIpc) is 3.29. The molecule has 0 bridgehead atoms. The quantitative estimate of drug-likeness (QED) is 0.129. The molecule has 1 fully saturated rings. The summed E-state index contributed by atoms with van der Waals surface area (Å²) in [6.45, 7) is 5.86.